The Kier molecular flexibility index (Phi) is 5.96. The Morgan fingerprint density at radius 3 is 1.89 bits per heavy atom. The summed E-state index contributed by atoms with van der Waals surface area (Å²) >= 11 is 0. The van der Waals surface area contributed by atoms with Crippen LogP contribution >= 0.6 is 12.4 Å². The van der Waals surface area contributed by atoms with Gasteiger partial charge in [-0.2, -0.15) is 0 Å². The van der Waals surface area contributed by atoms with Crippen molar-refractivity contribution < 1.29 is 9.50 Å². The average Bonchev–Trinajstić information content (AvgIpc) is 2.40. The summed E-state index contributed by atoms with van der Waals surface area (Å²) in [6, 6.07) is 14.1. The molecule has 0 amide bonds. The molecule has 2 nitrogen and oxygen atoms in total. The lowest BCUT2D eigenvalue weighted by Crippen LogP contribution is -2.26. The first kappa shape index (κ1) is 15.6. The highest BCUT2D eigenvalue weighted by Gasteiger charge is 2.03. The maximum absolute atomic E-state index is 12.8. The van der Waals surface area contributed by atoms with Crippen molar-refractivity contribution >= 4 is 12.4 Å². The molecule has 0 bridgehead atoms. The zero-order valence-corrected chi connectivity index (χ0v) is 11.2. The van der Waals surface area contributed by atoms with Gasteiger partial charge in [-0.3, -0.25) is 0 Å². The largest absolute Gasteiger partial charge is 0.395 e. The number of hydrogen-bond donors (Lipinski definition) is 2. The van der Waals surface area contributed by atoms with E-state index in [2.05, 4.69) is 0 Å². The molecule has 2 aromatic rings. The zero-order valence-electron chi connectivity index (χ0n) is 10.4. The minimum atomic E-state index is -0.232. The lowest BCUT2D eigenvalue weighted by Gasteiger charge is -2.08. The van der Waals surface area contributed by atoms with Gasteiger partial charge in [-0.1, -0.05) is 36.4 Å². The molecule has 0 saturated heterocycles. The van der Waals surface area contributed by atoms with E-state index in [-0.39, 0.29) is 30.9 Å². The minimum absolute atomic E-state index is 0. The van der Waals surface area contributed by atoms with Crippen LogP contribution in [0.5, 0.6) is 0 Å². The van der Waals surface area contributed by atoms with E-state index in [1.54, 1.807) is 12.1 Å². The smallest absolute Gasteiger partial charge is 0.123 e. The second-order valence-corrected chi connectivity index (χ2v) is 4.35. The van der Waals surface area contributed by atoms with Crippen LogP contribution in [0.15, 0.2) is 48.5 Å². The molecule has 0 aromatic heterocycles. The van der Waals surface area contributed by atoms with Crippen LogP contribution in [0.25, 0.3) is 11.1 Å². The fraction of sp³-hybridized carbons (Fsp3) is 0.200. The normalized spacial score (nSPS) is 11.7. The molecule has 3 N–H and O–H groups in total. The highest BCUT2D eigenvalue weighted by Crippen LogP contribution is 2.20. The third kappa shape index (κ3) is 4.31. The van der Waals surface area contributed by atoms with Gasteiger partial charge in [-0.05, 0) is 35.2 Å². The van der Waals surface area contributed by atoms with Gasteiger partial charge in [0.25, 0.3) is 0 Å². The maximum atomic E-state index is 12.8. The minimum Gasteiger partial charge on any atom is -0.395 e. The number of halogens is 2. The Morgan fingerprint density at radius 1 is 0.947 bits per heavy atom. The third-order valence-electron chi connectivity index (χ3n) is 2.86. The predicted molar refractivity (Wildman–Crippen MR) is 77.8 cm³/mol. The van der Waals surface area contributed by atoms with Gasteiger partial charge in [0.15, 0.2) is 0 Å². The van der Waals surface area contributed by atoms with Crippen LogP contribution in [0.1, 0.15) is 5.56 Å². The van der Waals surface area contributed by atoms with E-state index in [1.807, 2.05) is 24.3 Å². The van der Waals surface area contributed by atoms with Crippen LogP contribution in [0.4, 0.5) is 4.39 Å². The van der Waals surface area contributed by atoms with E-state index in [1.165, 1.54) is 12.1 Å². The number of aliphatic hydroxyl groups excluding tert-OH is 1. The summed E-state index contributed by atoms with van der Waals surface area (Å²) in [6.45, 7) is -0.0142. The SMILES string of the molecule is Cl.NC(CO)Cc1ccc(-c2ccc(F)cc2)cc1. The van der Waals surface area contributed by atoms with Crippen LogP contribution in [0, 0.1) is 5.82 Å². The summed E-state index contributed by atoms with van der Waals surface area (Å²) in [6.07, 6.45) is 0.653. The van der Waals surface area contributed by atoms with E-state index in [4.69, 9.17) is 10.8 Å². The average molecular weight is 282 g/mol. The first-order chi connectivity index (χ1) is 8.69. The second-order valence-electron chi connectivity index (χ2n) is 4.35. The number of rotatable bonds is 4. The number of hydrogen-bond acceptors (Lipinski definition) is 2. The summed E-state index contributed by atoms with van der Waals surface area (Å²) in [4.78, 5) is 0. The predicted octanol–water partition coefficient (Wildman–Crippen LogP) is 2.78. The monoisotopic (exact) mass is 281 g/mol. The topological polar surface area (TPSA) is 46.2 Å². The van der Waals surface area contributed by atoms with Crippen LogP contribution in [-0.2, 0) is 6.42 Å². The van der Waals surface area contributed by atoms with E-state index < -0.39 is 0 Å². The van der Waals surface area contributed by atoms with Gasteiger partial charge in [0, 0.05) is 6.04 Å². The standard InChI is InChI=1S/C15H16FNO.ClH/c16-14-7-5-13(6-8-14)12-3-1-11(2-4-12)9-15(17)10-18;/h1-8,15,18H,9-10,17H2;1H. The molecule has 0 aliphatic carbocycles. The van der Waals surface area contributed by atoms with Gasteiger partial charge in [0.05, 0.1) is 6.61 Å². The Balaban J connectivity index is 0.00000180. The summed E-state index contributed by atoms with van der Waals surface area (Å²) < 4.78 is 12.8. The molecule has 1 unspecified atom stereocenters. The summed E-state index contributed by atoms with van der Waals surface area (Å²) in [5.74, 6) is -0.232. The molecular formula is C15H17ClFNO. The van der Waals surface area contributed by atoms with Crippen molar-refractivity contribution in [3.05, 3.63) is 59.9 Å². The third-order valence-corrected chi connectivity index (χ3v) is 2.86. The van der Waals surface area contributed by atoms with Crippen molar-refractivity contribution in [2.24, 2.45) is 5.73 Å². The second kappa shape index (κ2) is 7.24. The van der Waals surface area contributed by atoms with Crippen molar-refractivity contribution in [3.8, 4) is 11.1 Å². The Morgan fingerprint density at radius 2 is 1.42 bits per heavy atom. The molecular weight excluding hydrogens is 265 g/mol. The van der Waals surface area contributed by atoms with Crippen molar-refractivity contribution in [2.45, 2.75) is 12.5 Å². The molecule has 0 saturated carbocycles. The summed E-state index contributed by atoms with van der Waals surface area (Å²) in [5.41, 5.74) is 8.78. The molecule has 0 fully saturated rings. The van der Waals surface area contributed by atoms with E-state index >= 15 is 0 Å². The van der Waals surface area contributed by atoms with Gasteiger partial charge < -0.3 is 10.8 Å². The first-order valence-corrected chi connectivity index (χ1v) is 5.90. The molecule has 2 rings (SSSR count). The number of benzene rings is 2. The van der Waals surface area contributed by atoms with E-state index in [0.717, 1.165) is 16.7 Å². The Hall–Kier alpha value is -1.42. The zero-order chi connectivity index (χ0) is 13.0. The van der Waals surface area contributed by atoms with Crippen LogP contribution in [0.3, 0.4) is 0 Å². The fourth-order valence-corrected chi connectivity index (χ4v) is 1.84. The number of aliphatic hydroxyl groups is 1. The van der Waals surface area contributed by atoms with Crippen molar-refractivity contribution in [1.82, 2.24) is 0 Å². The van der Waals surface area contributed by atoms with Gasteiger partial charge in [0.2, 0.25) is 0 Å². The highest BCUT2D eigenvalue weighted by atomic mass is 35.5. The van der Waals surface area contributed by atoms with Crippen molar-refractivity contribution in [2.75, 3.05) is 6.61 Å². The molecule has 102 valence electrons. The van der Waals surface area contributed by atoms with Gasteiger partial charge in [0.1, 0.15) is 5.82 Å². The van der Waals surface area contributed by atoms with Gasteiger partial charge in [-0.15, -0.1) is 12.4 Å². The summed E-state index contributed by atoms with van der Waals surface area (Å²) in [7, 11) is 0. The van der Waals surface area contributed by atoms with Gasteiger partial charge >= 0.3 is 0 Å². The first-order valence-electron chi connectivity index (χ1n) is 5.90. The summed E-state index contributed by atoms with van der Waals surface area (Å²) in [5, 5.41) is 8.89. The molecule has 2 aromatic carbocycles. The lowest BCUT2D eigenvalue weighted by molar-refractivity contribution is 0.265. The van der Waals surface area contributed by atoms with Crippen molar-refractivity contribution in [3.63, 3.8) is 0 Å². The Labute approximate surface area is 118 Å². The van der Waals surface area contributed by atoms with Crippen LogP contribution in [-0.4, -0.2) is 17.8 Å². The quantitative estimate of drug-likeness (QED) is 0.905. The van der Waals surface area contributed by atoms with Crippen molar-refractivity contribution in [1.29, 1.82) is 0 Å². The highest BCUT2D eigenvalue weighted by molar-refractivity contribution is 5.85. The molecule has 0 heterocycles. The molecule has 0 spiro atoms. The van der Waals surface area contributed by atoms with E-state index in [9.17, 15) is 4.39 Å². The molecule has 4 heteroatoms. The molecule has 0 radical (unpaired) electrons. The van der Waals surface area contributed by atoms with E-state index in [0.29, 0.717) is 6.42 Å². The maximum Gasteiger partial charge on any atom is 0.123 e. The molecule has 19 heavy (non-hydrogen) atoms. The molecule has 0 aliphatic heterocycles. The Bertz CT molecular complexity index is 499. The fourth-order valence-electron chi connectivity index (χ4n) is 1.84. The molecule has 0 aliphatic rings. The lowest BCUT2D eigenvalue weighted by atomic mass is 10.0. The molecule has 1 atom stereocenters. The van der Waals surface area contributed by atoms with Gasteiger partial charge in [-0.25, -0.2) is 4.39 Å². The van der Waals surface area contributed by atoms with Crippen LogP contribution in [0.2, 0.25) is 0 Å². The number of nitrogens with two attached hydrogens (primary N) is 1. The van der Waals surface area contributed by atoms with Crippen LogP contribution < -0.4 is 5.73 Å².